The average molecular weight is 432 g/mol. The Hall–Kier alpha value is -3.48. The van der Waals surface area contributed by atoms with Crippen LogP contribution >= 0.6 is 0 Å². The first-order chi connectivity index (χ1) is 15.6. The number of carbonyl (C=O) groups excluding carboxylic acids is 1. The summed E-state index contributed by atoms with van der Waals surface area (Å²) in [5.41, 5.74) is 3.23. The summed E-state index contributed by atoms with van der Waals surface area (Å²) in [4.78, 5) is 21.3. The third kappa shape index (κ3) is 4.15. The molecule has 0 unspecified atom stereocenters. The van der Waals surface area contributed by atoms with E-state index in [0.717, 1.165) is 53.9 Å². The van der Waals surface area contributed by atoms with E-state index in [2.05, 4.69) is 15.4 Å². The van der Waals surface area contributed by atoms with Crippen LogP contribution in [0.4, 0.5) is 4.39 Å². The van der Waals surface area contributed by atoms with E-state index in [-0.39, 0.29) is 11.7 Å². The second-order valence-corrected chi connectivity index (χ2v) is 8.60. The molecule has 1 aliphatic rings. The van der Waals surface area contributed by atoms with Crippen LogP contribution in [0.25, 0.3) is 16.7 Å². The lowest BCUT2D eigenvalue weighted by Crippen LogP contribution is -2.41. The Bertz CT molecular complexity index is 1190. The Labute approximate surface area is 185 Å². The number of fused-ring (bicyclic) bond motifs is 1. The predicted molar refractivity (Wildman–Crippen MR) is 121 cm³/mol. The number of nitrogens with one attached hydrogen (secondary N) is 2. The fourth-order valence-electron chi connectivity index (χ4n) is 4.67. The van der Waals surface area contributed by atoms with Gasteiger partial charge in [0.05, 0.1) is 27.8 Å². The highest BCUT2D eigenvalue weighted by Crippen LogP contribution is 2.41. The zero-order valence-electron chi connectivity index (χ0n) is 17.9. The van der Waals surface area contributed by atoms with Gasteiger partial charge in [-0.15, -0.1) is 0 Å². The van der Waals surface area contributed by atoms with Gasteiger partial charge in [-0.3, -0.25) is 4.79 Å². The van der Waals surface area contributed by atoms with E-state index in [0.29, 0.717) is 19.4 Å². The first-order valence-corrected chi connectivity index (χ1v) is 11.1. The molecule has 1 aliphatic carbocycles. The molecular formula is C25H26FN5O. The van der Waals surface area contributed by atoms with Gasteiger partial charge in [0, 0.05) is 25.6 Å². The first-order valence-electron chi connectivity index (χ1n) is 11.1. The number of amides is 1. The molecule has 0 radical (unpaired) electrons. The van der Waals surface area contributed by atoms with Crippen molar-refractivity contribution in [2.75, 3.05) is 6.54 Å². The number of aromatic nitrogens is 4. The number of aromatic amines is 1. The zero-order valence-corrected chi connectivity index (χ0v) is 17.9. The molecule has 6 nitrogen and oxygen atoms in total. The van der Waals surface area contributed by atoms with Crippen molar-refractivity contribution in [1.29, 1.82) is 0 Å². The van der Waals surface area contributed by atoms with Crippen LogP contribution in [0.5, 0.6) is 0 Å². The summed E-state index contributed by atoms with van der Waals surface area (Å²) < 4.78 is 14.8. The number of imidazole rings is 1. The molecule has 2 heterocycles. The summed E-state index contributed by atoms with van der Waals surface area (Å²) in [6.07, 6.45) is 7.02. The maximum Gasteiger partial charge on any atom is 0.226 e. The maximum absolute atomic E-state index is 13.2. The summed E-state index contributed by atoms with van der Waals surface area (Å²) >= 11 is 0. The van der Waals surface area contributed by atoms with Crippen molar-refractivity contribution in [2.45, 2.75) is 38.5 Å². The topological polar surface area (TPSA) is 75.6 Å². The number of nitrogens with zero attached hydrogens (tertiary/aromatic N) is 3. The van der Waals surface area contributed by atoms with E-state index in [1.807, 2.05) is 36.5 Å². The van der Waals surface area contributed by atoms with Crippen LogP contribution in [0.2, 0.25) is 0 Å². The number of rotatable bonds is 7. The standard InChI is InChI=1S/C25H26FN5O/c26-18-7-9-20(10-8-18)31-16-12-19(30-31)11-15-27-24(32)25(13-3-4-14-25)17-23-28-21-5-1-2-6-22(21)29-23/h1-2,5-10,12,16H,3-4,11,13-15,17H2,(H,27,32)(H,28,29). The summed E-state index contributed by atoms with van der Waals surface area (Å²) in [5, 5.41) is 7.69. The van der Waals surface area contributed by atoms with E-state index < -0.39 is 5.41 Å². The fourth-order valence-corrected chi connectivity index (χ4v) is 4.67. The van der Waals surface area contributed by atoms with Crippen molar-refractivity contribution in [1.82, 2.24) is 25.1 Å². The normalized spacial score (nSPS) is 15.3. The van der Waals surface area contributed by atoms with Gasteiger partial charge in [0.1, 0.15) is 11.6 Å². The molecule has 5 rings (SSSR count). The predicted octanol–water partition coefficient (Wildman–Crippen LogP) is 4.35. The Morgan fingerprint density at radius 3 is 2.66 bits per heavy atom. The number of benzene rings is 2. The van der Waals surface area contributed by atoms with Gasteiger partial charge < -0.3 is 10.3 Å². The number of carbonyl (C=O) groups is 1. The molecule has 1 fully saturated rings. The Morgan fingerprint density at radius 1 is 1.09 bits per heavy atom. The van der Waals surface area contributed by atoms with Crippen LogP contribution in [0.1, 0.15) is 37.2 Å². The van der Waals surface area contributed by atoms with Crippen LogP contribution in [0, 0.1) is 11.2 Å². The molecule has 2 aromatic carbocycles. The van der Waals surface area contributed by atoms with E-state index >= 15 is 0 Å². The number of hydrogen-bond donors (Lipinski definition) is 2. The third-order valence-corrected chi connectivity index (χ3v) is 6.39. The third-order valence-electron chi connectivity index (χ3n) is 6.39. The Morgan fingerprint density at radius 2 is 1.88 bits per heavy atom. The first kappa shape index (κ1) is 20.4. The molecule has 164 valence electrons. The van der Waals surface area contributed by atoms with Gasteiger partial charge in [-0.05, 0) is 55.3 Å². The molecule has 32 heavy (non-hydrogen) atoms. The molecule has 2 aromatic heterocycles. The molecule has 2 N–H and O–H groups in total. The minimum atomic E-state index is -0.401. The number of para-hydroxylation sites is 2. The second-order valence-electron chi connectivity index (χ2n) is 8.60. The number of halogens is 1. The fraction of sp³-hybridized carbons (Fsp3) is 0.320. The monoisotopic (exact) mass is 431 g/mol. The lowest BCUT2D eigenvalue weighted by Gasteiger charge is -2.26. The van der Waals surface area contributed by atoms with Gasteiger partial charge in [0.15, 0.2) is 0 Å². The second kappa shape index (κ2) is 8.57. The minimum absolute atomic E-state index is 0.105. The highest BCUT2D eigenvalue weighted by Gasteiger charge is 2.41. The summed E-state index contributed by atoms with van der Waals surface area (Å²) in [6, 6.07) is 16.1. The summed E-state index contributed by atoms with van der Waals surface area (Å²) in [7, 11) is 0. The zero-order chi connectivity index (χ0) is 22.0. The maximum atomic E-state index is 13.2. The van der Waals surface area contributed by atoms with Crippen molar-refractivity contribution in [3.8, 4) is 5.69 Å². The molecule has 4 aromatic rings. The van der Waals surface area contributed by atoms with Crippen molar-refractivity contribution < 1.29 is 9.18 Å². The van der Waals surface area contributed by atoms with Crippen LogP contribution in [-0.4, -0.2) is 32.2 Å². The minimum Gasteiger partial charge on any atom is -0.355 e. The molecule has 7 heteroatoms. The summed E-state index contributed by atoms with van der Waals surface area (Å²) in [6.45, 7) is 0.529. The molecule has 0 aliphatic heterocycles. The van der Waals surface area contributed by atoms with Crippen LogP contribution in [0.15, 0.2) is 60.8 Å². The number of H-pyrrole nitrogens is 1. The van der Waals surface area contributed by atoms with Gasteiger partial charge in [-0.2, -0.15) is 5.10 Å². The summed E-state index contributed by atoms with van der Waals surface area (Å²) in [5.74, 6) is 0.710. The van der Waals surface area contributed by atoms with E-state index in [4.69, 9.17) is 4.98 Å². The smallest absolute Gasteiger partial charge is 0.226 e. The lowest BCUT2D eigenvalue weighted by atomic mass is 9.81. The Balaban J connectivity index is 1.22. The highest BCUT2D eigenvalue weighted by atomic mass is 19.1. The van der Waals surface area contributed by atoms with Gasteiger partial charge in [0.25, 0.3) is 0 Å². The van der Waals surface area contributed by atoms with Crippen molar-refractivity contribution >= 4 is 16.9 Å². The van der Waals surface area contributed by atoms with Crippen molar-refractivity contribution in [3.63, 3.8) is 0 Å². The molecular weight excluding hydrogens is 405 g/mol. The Kier molecular flexibility index (Phi) is 5.47. The molecule has 1 amide bonds. The van der Waals surface area contributed by atoms with Crippen molar-refractivity contribution in [2.24, 2.45) is 5.41 Å². The molecule has 0 bridgehead atoms. The molecule has 0 saturated heterocycles. The van der Waals surface area contributed by atoms with E-state index in [1.54, 1.807) is 16.8 Å². The van der Waals surface area contributed by atoms with Gasteiger partial charge in [-0.25, -0.2) is 14.1 Å². The van der Waals surface area contributed by atoms with E-state index in [1.165, 1.54) is 12.1 Å². The highest BCUT2D eigenvalue weighted by molar-refractivity contribution is 5.83. The molecule has 0 atom stereocenters. The van der Waals surface area contributed by atoms with Gasteiger partial charge in [-0.1, -0.05) is 25.0 Å². The van der Waals surface area contributed by atoms with Gasteiger partial charge >= 0.3 is 0 Å². The van der Waals surface area contributed by atoms with Crippen LogP contribution in [0.3, 0.4) is 0 Å². The lowest BCUT2D eigenvalue weighted by molar-refractivity contribution is -0.130. The largest absolute Gasteiger partial charge is 0.355 e. The molecule has 1 saturated carbocycles. The van der Waals surface area contributed by atoms with E-state index in [9.17, 15) is 9.18 Å². The average Bonchev–Trinajstić information content (AvgIpc) is 3.54. The van der Waals surface area contributed by atoms with Gasteiger partial charge in [0.2, 0.25) is 5.91 Å². The number of hydrogen-bond acceptors (Lipinski definition) is 3. The van der Waals surface area contributed by atoms with Crippen molar-refractivity contribution in [3.05, 3.63) is 78.1 Å². The quantitative estimate of drug-likeness (QED) is 0.457. The van der Waals surface area contributed by atoms with Crippen LogP contribution in [-0.2, 0) is 17.6 Å². The van der Waals surface area contributed by atoms with Crippen LogP contribution < -0.4 is 5.32 Å². The SMILES string of the molecule is O=C(NCCc1ccn(-c2ccc(F)cc2)n1)C1(Cc2nc3ccccc3[nH]2)CCCC1. The molecule has 0 spiro atoms.